The number of rotatable bonds is 3. The van der Waals surface area contributed by atoms with Crippen molar-refractivity contribution in [1.29, 1.82) is 0 Å². The van der Waals surface area contributed by atoms with Crippen LogP contribution in [0.1, 0.15) is 39.7 Å². The van der Waals surface area contributed by atoms with E-state index in [1.165, 1.54) is 0 Å². The van der Waals surface area contributed by atoms with Gasteiger partial charge in [-0.1, -0.05) is 12.1 Å². The number of benzene rings is 1. The molecule has 2 rings (SSSR count). The van der Waals surface area contributed by atoms with E-state index in [4.69, 9.17) is 15.2 Å². The Labute approximate surface area is 109 Å². The second-order valence-corrected chi connectivity index (χ2v) is 6.21. The Morgan fingerprint density at radius 2 is 1.83 bits per heavy atom. The lowest BCUT2D eigenvalue weighted by Gasteiger charge is -2.27. The predicted octanol–water partition coefficient (Wildman–Crippen LogP) is 3.13. The standard InChI is InChI=1S/C15H23NO2/c1-14(2)9-13(15(3,4)18-14)17-10-11-5-7-12(16)8-6-11/h5-8,13H,9-10,16H2,1-4H3. The van der Waals surface area contributed by atoms with Crippen molar-refractivity contribution in [3.63, 3.8) is 0 Å². The highest BCUT2D eigenvalue weighted by molar-refractivity contribution is 5.39. The zero-order valence-electron chi connectivity index (χ0n) is 11.7. The molecule has 0 aromatic heterocycles. The summed E-state index contributed by atoms with van der Waals surface area (Å²) in [5.74, 6) is 0. The summed E-state index contributed by atoms with van der Waals surface area (Å²) in [6.07, 6.45) is 1.06. The van der Waals surface area contributed by atoms with E-state index in [1.807, 2.05) is 24.3 Å². The van der Waals surface area contributed by atoms with Gasteiger partial charge in [-0.25, -0.2) is 0 Å². The highest BCUT2D eigenvalue weighted by Crippen LogP contribution is 2.39. The molecule has 100 valence electrons. The first-order valence-electron chi connectivity index (χ1n) is 6.45. The largest absolute Gasteiger partial charge is 0.399 e. The van der Waals surface area contributed by atoms with E-state index in [1.54, 1.807) is 0 Å². The molecule has 1 aliphatic rings. The molecule has 0 saturated carbocycles. The molecule has 0 aliphatic carbocycles. The van der Waals surface area contributed by atoms with Crippen molar-refractivity contribution in [3.05, 3.63) is 29.8 Å². The normalized spacial score (nSPS) is 25.2. The lowest BCUT2D eigenvalue weighted by molar-refractivity contribution is -0.106. The minimum Gasteiger partial charge on any atom is -0.399 e. The molecule has 3 heteroatoms. The Bertz CT molecular complexity index is 409. The van der Waals surface area contributed by atoms with E-state index < -0.39 is 0 Å². The van der Waals surface area contributed by atoms with Crippen LogP contribution in [0.4, 0.5) is 5.69 Å². The molecule has 3 nitrogen and oxygen atoms in total. The van der Waals surface area contributed by atoms with Crippen LogP contribution in [0, 0.1) is 0 Å². The molecular weight excluding hydrogens is 226 g/mol. The molecule has 1 unspecified atom stereocenters. The van der Waals surface area contributed by atoms with Gasteiger partial charge in [0, 0.05) is 12.1 Å². The summed E-state index contributed by atoms with van der Waals surface area (Å²) in [4.78, 5) is 0. The summed E-state index contributed by atoms with van der Waals surface area (Å²) in [6.45, 7) is 9.02. The summed E-state index contributed by atoms with van der Waals surface area (Å²) in [7, 11) is 0. The number of nitrogen functional groups attached to an aromatic ring is 1. The predicted molar refractivity (Wildman–Crippen MR) is 73.3 cm³/mol. The van der Waals surface area contributed by atoms with Crippen LogP contribution in [0.3, 0.4) is 0 Å². The van der Waals surface area contributed by atoms with Crippen molar-refractivity contribution in [2.75, 3.05) is 5.73 Å². The fraction of sp³-hybridized carbons (Fsp3) is 0.600. The molecule has 1 fully saturated rings. The Morgan fingerprint density at radius 1 is 1.22 bits per heavy atom. The van der Waals surface area contributed by atoms with Crippen molar-refractivity contribution >= 4 is 5.69 Å². The molecule has 1 saturated heterocycles. The van der Waals surface area contributed by atoms with Gasteiger partial charge < -0.3 is 15.2 Å². The number of hydrogen-bond acceptors (Lipinski definition) is 3. The van der Waals surface area contributed by atoms with Crippen molar-refractivity contribution < 1.29 is 9.47 Å². The fourth-order valence-corrected chi connectivity index (χ4v) is 2.58. The molecule has 1 heterocycles. The van der Waals surface area contributed by atoms with Crippen molar-refractivity contribution in [1.82, 2.24) is 0 Å². The summed E-state index contributed by atoms with van der Waals surface area (Å²) in [5, 5.41) is 0. The average Bonchev–Trinajstić information content (AvgIpc) is 2.45. The van der Waals surface area contributed by atoms with Crippen molar-refractivity contribution in [2.24, 2.45) is 0 Å². The van der Waals surface area contributed by atoms with E-state index in [2.05, 4.69) is 27.7 Å². The van der Waals surface area contributed by atoms with Crippen molar-refractivity contribution in [3.8, 4) is 0 Å². The molecule has 0 spiro atoms. The van der Waals surface area contributed by atoms with Gasteiger partial charge in [-0.15, -0.1) is 0 Å². The zero-order valence-corrected chi connectivity index (χ0v) is 11.7. The van der Waals surface area contributed by atoms with Crippen LogP contribution in [0.15, 0.2) is 24.3 Å². The van der Waals surface area contributed by atoms with Gasteiger partial charge in [-0.3, -0.25) is 0 Å². The average molecular weight is 249 g/mol. The number of ether oxygens (including phenoxy) is 2. The van der Waals surface area contributed by atoms with Gasteiger partial charge >= 0.3 is 0 Å². The molecule has 1 aromatic carbocycles. The summed E-state index contributed by atoms with van der Waals surface area (Å²) in [6, 6.07) is 7.81. The lowest BCUT2D eigenvalue weighted by atomic mass is 9.97. The van der Waals surface area contributed by atoms with E-state index >= 15 is 0 Å². The molecule has 1 aromatic rings. The first-order chi connectivity index (χ1) is 8.28. The van der Waals surface area contributed by atoms with Gasteiger partial charge in [-0.05, 0) is 45.4 Å². The monoisotopic (exact) mass is 249 g/mol. The van der Waals surface area contributed by atoms with Crippen LogP contribution in [0.5, 0.6) is 0 Å². The molecule has 0 bridgehead atoms. The number of nitrogens with two attached hydrogens (primary N) is 1. The minimum atomic E-state index is -0.225. The second kappa shape index (κ2) is 4.56. The smallest absolute Gasteiger partial charge is 0.0895 e. The van der Waals surface area contributed by atoms with Crippen LogP contribution in [-0.2, 0) is 16.1 Å². The van der Waals surface area contributed by atoms with E-state index in [0.717, 1.165) is 17.7 Å². The molecule has 1 atom stereocenters. The van der Waals surface area contributed by atoms with Gasteiger partial charge in [0.25, 0.3) is 0 Å². The van der Waals surface area contributed by atoms with Gasteiger partial charge in [0.05, 0.1) is 23.9 Å². The topological polar surface area (TPSA) is 44.5 Å². The second-order valence-electron chi connectivity index (χ2n) is 6.21. The maximum absolute atomic E-state index is 6.01. The van der Waals surface area contributed by atoms with Gasteiger partial charge in [0.15, 0.2) is 0 Å². The van der Waals surface area contributed by atoms with Crippen LogP contribution >= 0.6 is 0 Å². The SMILES string of the molecule is CC1(C)CC(OCc2ccc(N)cc2)C(C)(C)O1. The highest BCUT2D eigenvalue weighted by atomic mass is 16.6. The zero-order chi connectivity index (χ0) is 13.4. The summed E-state index contributed by atoms with van der Waals surface area (Å²) < 4.78 is 12.0. The maximum Gasteiger partial charge on any atom is 0.0895 e. The first kappa shape index (κ1) is 13.4. The molecule has 0 amide bonds. The first-order valence-corrected chi connectivity index (χ1v) is 6.45. The quantitative estimate of drug-likeness (QED) is 0.837. The third kappa shape index (κ3) is 3.03. The Balaban J connectivity index is 1.96. The van der Waals surface area contributed by atoms with Crippen LogP contribution in [-0.4, -0.2) is 17.3 Å². The third-order valence-electron chi connectivity index (χ3n) is 3.42. The van der Waals surface area contributed by atoms with Gasteiger partial charge in [-0.2, -0.15) is 0 Å². The molecular formula is C15H23NO2. The number of hydrogen-bond donors (Lipinski definition) is 1. The van der Waals surface area contributed by atoms with Crippen LogP contribution < -0.4 is 5.73 Å². The molecule has 0 radical (unpaired) electrons. The van der Waals surface area contributed by atoms with Crippen LogP contribution in [0.25, 0.3) is 0 Å². The summed E-state index contributed by atoms with van der Waals surface area (Å²) >= 11 is 0. The van der Waals surface area contributed by atoms with Crippen LogP contribution in [0.2, 0.25) is 0 Å². The van der Waals surface area contributed by atoms with Gasteiger partial charge in [0.1, 0.15) is 0 Å². The summed E-state index contributed by atoms with van der Waals surface area (Å²) in [5.41, 5.74) is 7.26. The van der Waals surface area contributed by atoms with Crippen molar-refractivity contribution in [2.45, 2.75) is 58.0 Å². The van der Waals surface area contributed by atoms with E-state index in [0.29, 0.717) is 6.61 Å². The van der Waals surface area contributed by atoms with Gasteiger partial charge in [0.2, 0.25) is 0 Å². The minimum absolute atomic E-state index is 0.102. The number of anilines is 1. The highest BCUT2D eigenvalue weighted by Gasteiger charge is 2.46. The van der Waals surface area contributed by atoms with E-state index in [9.17, 15) is 0 Å². The fourth-order valence-electron chi connectivity index (χ4n) is 2.58. The Hall–Kier alpha value is -1.06. The molecule has 2 N–H and O–H groups in total. The maximum atomic E-state index is 6.01. The molecule has 18 heavy (non-hydrogen) atoms. The lowest BCUT2D eigenvalue weighted by Crippen LogP contribution is -2.34. The molecule has 1 aliphatic heterocycles. The van der Waals surface area contributed by atoms with E-state index in [-0.39, 0.29) is 17.3 Å². The third-order valence-corrected chi connectivity index (χ3v) is 3.42. The Morgan fingerprint density at radius 3 is 2.33 bits per heavy atom. The Kier molecular flexibility index (Phi) is 3.39.